The largest absolute Gasteiger partial charge is 0.354 e. The van der Waals surface area contributed by atoms with Crippen molar-refractivity contribution in [3.05, 3.63) is 0 Å². The molecule has 0 aromatic carbocycles. The van der Waals surface area contributed by atoms with E-state index in [4.69, 9.17) is 0 Å². The highest BCUT2D eigenvalue weighted by Crippen LogP contribution is 2.21. The molecule has 0 saturated carbocycles. The molecule has 2 rings (SSSR count). The van der Waals surface area contributed by atoms with Gasteiger partial charge in [-0.05, 0) is 19.3 Å². The fourth-order valence-electron chi connectivity index (χ4n) is 2.73. The first-order valence-electron chi connectivity index (χ1n) is 7.52. The predicted molar refractivity (Wildman–Crippen MR) is 85.0 cm³/mol. The average Bonchev–Trinajstić information content (AvgIpc) is 2.36. The van der Waals surface area contributed by atoms with Crippen molar-refractivity contribution in [3.8, 4) is 0 Å². The molecule has 2 aliphatic heterocycles. The highest BCUT2D eigenvalue weighted by Gasteiger charge is 2.36. The van der Waals surface area contributed by atoms with Gasteiger partial charge in [-0.1, -0.05) is 13.3 Å². The van der Waals surface area contributed by atoms with Crippen molar-refractivity contribution < 1.29 is 13.2 Å². The standard InChI is InChI=1S/C13H25N3O3S.ClH/c1-2-7-20(18,19)16-6-4-3-5-12(16)13(17)15-10-11-8-14-9-11;/h11-12,14H,2-10H2,1H3,(H,15,17);1H. The van der Waals surface area contributed by atoms with E-state index in [1.165, 1.54) is 4.31 Å². The molecule has 124 valence electrons. The van der Waals surface area contributed by atoms with Crippen LogP contribution in [0.2, 0.25) is 0 Å². The summed E-state index contributed by atoms with van der Waals surface area (Å²) in [5, 5.41) is 6.07. The molecule has 0 aromatic rings. The van der Waals surface area contributed by atoms with Crippen LogP contribution in [0.3, 0.4) is 0 Å². The van der Waals surface area contributed by atoms with Crippen molar-refractivity contribution in [1.29, 1.82) is 0 Å². The van der Waals surface area contributed by atoms with Gasteiger partial charge in [-0.2, -0.15) is 4.31 Å². The summed E-state index contributed by atoms with van der Waals surface area (Å²) in [6.45, 7) is 4.83. The minimum Gasteiger partial charge on any atom is -0.354 e. The van der Waals surface area contributed by atoms with Crippen LogP contribution in [0.15, 0.2) is 0 Å². The van der Waals surface area contributed by atoms with E-state index < -0.39 is 16.1 Å². The van der Waals surface area contributed by atoms with Crippen molar-refractivity contribution in [1.82, 2.24) is 14.9 Å². The van der Waals surface area contributed by atoms with Crippen LogP contribution in [0.1, 0.15) is 32.6 Å². The number of piperidine rings is 1. The van der Waals surface area contributed by atoms with Gasteiger partial charge in [0, 0.05) is 32.1 Å². The van der Waals surface area contributed by atoms with Gasteiger partial charge >= 0.3 is 0 Å². The Kier molecular flexibility index (Phi) is 7.39. The molecule has 2 N–H and O–H groups in total. The zero-order valence-corrected chi connectivity index (χ0v) is 14.1. The van der Waals surface area contributed by atoms with Crippen LogP contribution in [-0.4, -0.2) is 56.6 Å². The minimum atomic E-state index is -3.30. The third-order valence-corrected chi connectivity index (χ3v) is 6.08. The Morgan fingerprint density at radius 2 is 2.05 bits per heavy atom. The third kappa shape index (κ3) is 4.81. The number of nitrogens with zero attached hydrogens (tertiary/aromatic N) is 1. The second-order valence-corrected chi connectivity index (χ2v) is 7.75. The summed E-state index contributed by atoms with van der Waals surface area (Å²) in [5.74, 6) is 0.489. The number of hydrogen-bond acceptors (Lipinski definition) is 4. The molecule has 1 unspecified atom stereocenters. The molecule has 0 aromatic heterocycles. The Bertz CT molecular complexity index is 440. The normalized spacial score (nSPS) is 24.0. The zero-order chi connectivity index (χ0) is 14.6. The summed E-state index contributed by atoms with van der Waals surface area (Å²) in [5.41, 5.74) is 0. The Morgan fingerprint density at radius 1 is 1.33 bits per heavy atom. The van der Waals surface area contributed by atoms with Crippen LogP contribution < -0.4 is 10.6 Å². The van der Waals surface area contributed by atoms with Gasteiger partial charge in [0.1, 0.15) is 6.04 Å². The Labute approximate surface area is 133 Å². The highest BCUT2D eigenvalue weighted by molar-refractivity contribution is 7.89. The maximum atomic E-state index is 12.3. The summed E-state index contributed by atoms with van der Waals surface area (Å²) in [7, 11) is -3.30. The van der Waals surface area contributed by atoms with Crippen molar-refractivity contribution in [2.75, 3.05) is 31.9 Å². The van der Waals surface area contributed by atoms with E-state index in [1.807, 2.05) is 6.92 Å². The van der Waals surface area contributed by atoms with Gasteiger partial charge in [0.2, 0.25) is 15.9 Å². The van der Waals surface area contributed by atoms with Gasteiger partial charge < -0.3 is 10.6 Å². The summed E-state index contributed by atoms with van der Waals surface area (Å²) in [4.78, 5) is 12.3. The quantitative estimate of drug-likeness (QED) is 0.731. The Balaban J connectivity index is 0.00000220. The van der Waals surface area contributed by atoms with Crippen LogP contribution in [0, 0.1) is 5.92 Å². The average molecular weight is 340 g/mol. The van der Waals surface area contributed by atoms with Crippen LogP contribution in [-0.2, 0) is 14.8 Å². The van der Waals surface area contributed by atoms with Crippen molar-refractivity contribution in [2.24, 2.45) is 5.92 Å². The third-order valence-electron chi connectivity index (χ3n) is 4.01. The minimum absolute atomic E-state index is 0. The number of carbonyl (C=O) groups excluding carboxylic acids is 1. The first-order valence-corrected chi connectivity index (χ1v) is 9.13. The second kappa shape index (κ2) is 8.31. The lowest BCUT2D eigenvalue weighted by Crippen LogP contribution is -2.55. The van der Waals surface area contributed by atoms with Gasteiger partial charge in [0.15, 0.2) is 0 Å². The number of hydrogen-bond donors (Lipinski definition) is 2. The van der Waals surface area contributed by atoms with E-state index in [-0.39, 0.29) is 24.1 Å². The lowest BCUT2D eigenvalue weighted by atomic mass is 10.0. The molecular formula is C13H26ClN3O3S. The second-order valence-electron chi connectivity index (χ2n) is 5.71. The van der Waals surface area contributed by atoms with E-state index in [0.717, 1.165) is 25.9 Å². The lowest BCUT2D eigenvalue weighted by molar-refractivity contribution is -0.125. The van der Waals surface area contributed by atoms with Crippen LogP contribution >= 0.6 is 12.4 Å². The molecule has 2 aliphatic rings. The van der Waals surface area contributed by atoms with Crippen molar-refractivity contribution >= 4 is 28.3 Å². The molecule has 2 heterocycles. The summed E-state index contributed by atoms with van der Waals surface area (Å²) in [6.07, 6.45) is 2.99. The topological polar surface area (TPSA) is 78.5 Å². The highest BCUT2D eigenvalue weighted by atomic mass is 35.5. The number of nitrogens with one attached hydrogen (secondary N) is 2. The SMILES string of the molecule is CCCS(=O)(=O)N1CCCCC1C(=O)NCC1CNC1.Cl. The monoisotopic (exact) mass is 339 g/mol. The van der Waals surface area contributed by atoms with Crippen LogP contribution in [0.4, 0.5) is 0 Å². The van der Waals surface area contributed by atoms with E-state index in [9.17, 15) is 13.2 Å². The molecule has 0 aliphatic carbocycles. The maximum Gasteiger partial charge on any atom is 0.238 e. The smallest absolute Gasteiger partial charge is 0.238 e. The molecule has 0 radical (unpaired) electrons. The Morgan fingerprint density at radius 3 is 2.62 bits per heavy atom. The van der Waals surface area contributed by atoms with Crippen LogP contribution in [0.25, 0.3) is 0 Å². The van der Waals surface area contributed by atoms with E-state index in [0.29, 0.717) is 31.8 Å². The molecule has 0 bridgehead atoms. The molecule has 0 spiro atoms. The van der Waals surface area contributed by atoms with Gasteiger partial charge in [0.05, 0.1) is 5.75 Å². The fraction of sp³-hybridized carbons (Fsp3) is 0.923. The molecule has 1 amide bonds. The van der Waals surface area contributed by atoms with Gasteiger partial charge in [-0.25, -0.2) is 8.42 Å². The number of rotatable bonds is 6. The first-order chi connectivity index (χ1) is 9.54. The molecule has 21 heavy (non-hydrogen) atoms. The molecule has 8 heteroatoms. The van der Waals surface area contributed by atoms with E-state index >= 15 is 0 Å². The maximum absolute atomic E-state index is 12.3. The summed E-state index contributed by atoms with van der Waals surface area (Å²) >= 11 is 0. The van der Waals surface area contributed by atoms with E-state index in [2.05, 4.69) is 10.6 Å². The van der Waals surface area contributed by atoms with Gasteiger partial charge in [0.25, 0.3) is 0 Å². The Hall–Kier alpha value is -0.370. The predicted octanol–water partition coefficient (Wildman–Crippen LogP) is 0.338. The fourth-order valence-corrected chi connectivity index (χ4v) is 4.48. The number of carbonyl (C=O) groups is 1. The van der Waals surface area contributed by atoms with Gasteiger partial charge in [-0.15, -0.1) is 12.4 Å². The number of sulfonamides is 1. The molecule has 2 fully saturated rings. The number of halogens is 1. The van der Waals surface area contributed by atoms with Crippen LogP contribution in [0.5, 0.6) is 0 Å². The molecule has 2 saturated heterocycles. The van der Waals surface area contributed by atoms with Crippen molar-refractivity contribution in [3.63, 3.8) is 0 Å². The number of amides is 1. The zero-order valence-electron chi connectivity index (χ0n) is 12.5. The summed E-state index contributed by atoms with van der Waals surface area (Å²) < 4.78 is 25.9. The van der Waals surface area contributed by atoms with Crippen molar-refractivity contribution in [2.45, 2.75) is 38.6 Å². The van der Waals surface area contributed by atoms with Gasteiger partial charge in [-0.3, -0.25) is 4.79 Å². The molecule has 6 nitrogen and oxygen atoms in total. The lowest BCUT2D eigenvalue weighted by Gasteiger charge is -2.34. The van der Waals surface area contributed by atoms with E-state index in [1.54, 1.807) is 0 Å². The molecule has 1 atom stereocenters. The molecular weight excluding hydrogens is 314 g/mol. The first kappa shape index (κ1) is 18.7. The summed E-state index contributed by atoms with van der Waals surface area (Å²) in [6, 6.07) is -0.506.